The predicted molar refractivity (Wildman–Crippen MR) is 129 cm³/mol. The van der Waals surface area contributed by atoms with E-state index >= 15 is 0 Å². The van der Waals surface area contributed by atoms with Crippen molar-refractivity contribution in [3.8, 4) is 0 Å². The summed E-state index contributed by atoms with van der Waals surface area (Å²) in [6, 6.07) is 12.0. The van der Waals surface area contributed by atoms with Crippen molar-refractivity contribution in [2.75, 3.05) is 17.3 Å². The zero-order chi connectivity index (χ0) is 20.9. The molecule has 3 aliphatic carbocycles. The van der Waals surface area contributed by atoms with E-state index in [1.165, 1.54) is 64.2 Å². The molecule has 3 fully saturated rings. The third kappa shape index (κ3) is 5.30. The van der Waals surface area contributed by atoms with Gasteiger partial charge in [0.15, 0.2) is 0 Å². The summed E-state index contributed by atoms with van der Waals surface area (Å²) in [5.41, 5.74) is 1.06. The summed E-state index contributed by atoms with van der Waals surface area (Å²) in [5, 5.41) is 0.394. The van der Waals surface area contributed by atoms with Crippen LogP contribution in [0.3, 0.4) is 0 Å². The summed E-state index contributed by atoms with van der Waals surface area (Å²) in [7, 11) is 2.40. The van der Waals surface area contributed by atoms with Crippen molar-refractivity contribution in [1.29, 1.82) is 0 Å². The fraction of sp³-hybridized carbons (Fsp3) is 0.731. The number of para-hydroxylation sites is 1. The normalized spacial score (nSPS) is 32.3. The van der Waals surface area contributed by atoms with Gasteiger partial charge in [-0.25, -0.2) is 0 Å². The number of hydrogen-bond donors (Lipinski definition) is 0. The maximum atomic E-state index is 13.0. The van der Waals surface area contributed by atoms with E-state index < -0.39 is 0 Å². The number of amides is 1. The molecule has 0 aromatic heterocycles. The molecule has 3 saturated carbocycles. The number of rotatable bonds is 5. The monoisotopic (exact) mass is 474 g/mol. The second kappa shape index (κ2) is 10.6. The molecule has 1 aromatic rings. The number of halogens is 1. The van der Waals surface area contributed by atoms with Gasteiger partial charge in [0.1, 0.15) is 0 Å². The molecule has 1 aromatic carbocycles. The molecule has 0 saturated heterocycles. The largest absolute Gasteiger partial charge is 0.309 e. The van der Waals surface area contributed by atoms with Crippen LogP contribution in [0, 0.1) is 11.8 Å². The molecule has 4 heteroatoms. The van der Waals surface area contributed by atoms with Crippen LogP contribution in [-0.4, -0.2) is 41.3 Å². The Balaban J connectivity index is 1.51. The lowest BCUT2D eigenvalue weighted by molar-refractivity contribution is -0.116. The maximum absolute atomic E-state index is 13.0. The average molecular weight is 476 g/mol. The summed E-state index contributed by atoms with van der Waals surface area (Å²) in [5.74, 6) is 2.12. The number of nitrogens with zero attached hydrogens (tertiary/aromatic N) is 2. The lowest BCUT2D eigenvalue weighted by Gasteiger charge is -2.46. The van der Waals surface area contributed by atoms with E-state index in [4.69, 9.17) is 0 Å². The first kappa shape index (κ1) is 22.3. The van der Waals surface area contributed by atoms with E-state index in [-0.39, 0.29) is 5.91 Å². The molecule has 4 atom stereocenters. The molecule has 0 N–H and O–H groups in total. The Hall–Kier alpha value is -0.870. The standard InChI is InChI=1S/C26H39BrN2O/c1-28(25-16-20-9-8-10-21(15-20)17-25)23-13-6-3-7-14-24(18-23)29(26(30)19-27)22-11-4-2-5-12-22/h2,4-5,11-12,20-21,23-25H,3,6-10,13-19H2,1H3. The summed E-state index contributed by atoms with van der Waals surface area (Å²) < 4.78 is 0. The molecule has 0 heterocycles. The second-order valence-corrected chi connectivity index (χ2v) is 10.7. The molecule has 0 aliphatic heterocycles. The van der Waals surface area contributed by atoms with Gasteiger partial charge in [0.05, 0.1) is 5.33 Å². The van der Waals surface area contributed by atoms with E-state index in [0.717, 1.165) is 36.4 Å². The van der Waals surface area contributed by atoms with Gasteiger partial charge in [0, 0.05) is 23.8 Å². The van der Waals surface area contributed by atoms with Crippen LogP contribution in [0.15, 0.2) is 30.3 Å². The number of alkyl halides is 1. The molecule has 0 spiro atoms. The molecule has 4 unspecified atom stereocenters. The second-order valence-electron chi connectivity index (χ2n) is 10.1. The first-order chi connectivity index (χ1) is 14.7. The van der Waals surface area contributed by atoms with Gasteiger partial charge in [-0.1, -0.05) is 72.7 Å². The Kier molecular flexibility index (Phi) is 7.91. The average Bonchev–Trinajstić information content (AvgIpc) is 2.75. The Labute approximate surface area is 191 Å². The van der Waals surface area contributed by atoms with Crippen molar-refractivity contribution in [3.05, 3.63) is 30.3 Å². The van der Waals surface area contributed by atoms with Gasteiger partial charge in [-0.15, -0.1) is 0 Å². The molecule has 30 heavy (non-hydrogen) atoms. The highest BCUT2D eigenvalue weighted by Crippen LogP contribution is 2.42. The number of fused-ring (bicyclic) bond motifs is 2. The number of anilines is 1. The van der Waals surface area contributed by atoms with Crippen LogP contribution in [0.25, 0.3) is 0 Å². The zero-order valence-electron chi connectivity index (χ0n) is 18.6. The first-order valence-electron chi connectivity index (χ1n) is 12.3. The molecule has 166 valence electrons. The fourth-order valence-corrected chi connectivity index (χ4v) is 6.90. The smallest absolute Gasteiger partial charge is 0.237 e. The molecule has 3 nitrogen and oxygen atoms in total. The van der Waals surface area contributed by atoms with Gasteiger partial charge in [-0.2, -0.15) is 0 Å². The molecule has 1 amide bonds. The van der Waals surface area contributed by atoms with Gasteiger partial charge >= 0.3 is 0 Å². The molecular weight excluding hydrogens is 436 g/mol. The Morgan fingerprint density at radius 2 is 1.50 bits per heavy atom. The van der Waals surface area contributed by atoms with Crippen LogP contribution >= 0.6 is 15.9 Å². The topological polar surface area (TPSA) is 23.6 Å². The lowest BCUT2D eigenvalue weighted by atomic mass is 9.70. The van der Waals surface area contributed by atoms with E-state index in [1.54, 1.807) is 0 Å². The van der Waals surface area contributed by atoms with E-state index in [2.05, 4.69) is 57.0 Å². The molecule has 4 rings (SSSR count). The minimum atomic E-state index is 0.195. The Bertz CT molecular complexity index is 669. The van der Waals surface area contributed by atoms with Crippen molar-refractivity contribution in [3.63, 3.8) is 0 Å². The van der Waals surface area contributed by atoms with Crippen molar-refractivity contribution >= 4 is 27.5 Å². The Morgan fingerprint density at radius 3 is 2.17 bits per heavy atom. The zero-order valence-corrected chi connectivity index (χ0v) is 20.2. The van der Waals surface area contributed by atoms with E-state index in [1.807, 2.05) is 6.07 Å². The van der Waals surface area contributed by atoms with E-state index in [0.29, 0.717) is 17.4 Å². The minimum absolute atomic E-state index is 0.195. The molecule has 0 radical (unpaired) electrons. The van der Waals surface area contributed by atoms with Crippen LogP contribution in [0.1, 0.15) is 77.0 Å². The van der Waals surface area contributed by atoms with Gasteiger partial charge < -0.3 is 9.80 Å². The summed E-state index contributed by atoms with van der Waals surface area (Å²) in [6.07, 6.45) is 16.0. The van der Waals surface area contributed by atoms with Gasteiger partial charge in [0.2, 0.25) is 5.91 Å². The molecule has 2 bridgehead atoms. The van der Waals surface area contributed by atoms with Gasteiger partial charge in [-0.3, -0.25) is 4.79 Å². The summed E-state index contributed by atoms with van der Waals surface area (Å²) in [6.45, 7) is 0. The molecule has 3 aliphatic rings. The highest BCUT2D eigenvalue weighted by Gasteiger charge is 2.37. The Morgan fingerprint density at radius 1 is 0.833 bits per heavy atom. The highest BCUT2D eigenvalue weighted by molar-refractivity contribution is 9.09. The van der Waals surface area contributed by atoms with Crippen LogP contribution in [-0.2, 0) is 4.79 Å². The maximum Gasteiger partial charge on any atom is 0.237 e. The van der Waals surface area contributed by atoms with Crippen molar-refractivity contribution < 1.29 is 4.79 Å². The fourth-order valence-electron chi connectivity index (χ4n) is 6.63. The number of hydrogen-bond acceptors (Lipinski definition) is 2. The third-order valence-corrected chi connectivity index (χ3v) is 8.64. The van der Waals surface area contributed by atoms with Crippen molar-refractivity contribution in [2.45, 2.75) is 95.2 Å². The van der Waals surface area contributed by atoms with Crippen LogP contribution < -0.4 is 4.90 Å². The minimum Gasteiger partial charge on any atom is -0.309 e. The predicted octanol–water partition coefficient (Wildman–Crippen LogP) is 6.41. The quantitative estimate of drug-likeness (QED) is 0.460. The first-order valence-corrected chi connectivity index (χ1v) is 13.4. The van der Waals surface area contributed by atoms with Crippen molar-refractivity contribution in [2.24, 2.45) is 11.8 Å². The summed E-state index contributed by atoms with van der Waals surface area (Å²) in [4.78, 5) is 17.8. The number of carbonyl (C=O) groups excluding carboxylic acids is 1. The van der Waals surface area contributed by atoms with Crippen molar-refractivity contribution in [1.82, 2.24) is 4.90 Å². The number of benzene rings is 1. The van der Waals surface area contributed by atoms with Gasteiger partial charge in [0.25, 0.3) is 0 Å². The lowest BCUT2D eigenvalue weighted by Crippen LogP contribution is -2.50. The SMILES string of the molecule is CN(C1CC2CCCC(C2)C1)C1CCCCCC(N(C(=O)CBr)c2ccccc2)C1. The third-order valence-electron chi connectivity index (χ3n) is 8.16. The highest BCUT2D eigenvalue weighted by atomic mass is 79.9. The van der Waals surface area contributed by atoms with Crippen LogP contribution in [0.5, 0.6) is 0 Å². The van der Waals surface area contributed by atoms with Crippen LogP contribution in [0.4, 0.5) is 5.69 Å². The summed E-state index contributed by atoms with van der Waals surface area (Å²) >= 11 is 3.45. The van der Waals surface area contributed by atoms with Gasteiger partial charge in [-0.05, 0) is 69.5 Å². The number of carbonyl (C=O) groups is 1. The van der Waals surface area contributed by atoms with Crippen LogP contribution in [0.2, 0.25) is 0 Å². The van der Waals surface area contributed by atoms with E-state index in [9.17, 15) is 4.79 Å². The molecular formula is C26H39BrN2O.